The van der Waals surface area contributed by atoms with Gasteiger partial charge >= 0.3 is 11.9 Å². The first-order chi connectivity index (χ1) is 22.0. The zero-order valence-corrected chi connectivity index (χ0v) is 28.7. The van der Waals surface area contributed by atoms with Crippen LogP contribution >= 0.6 is 0 Å². The molecule has 7 nitrogen and oxygen atoms in total. The van der Waals surface area contributed by atoms with E-state index >= 15 is 0 Å². The number of benzene rings is 1. The van der Waals surface area contributed by atoms with Gasteiger partial charge in [-0.05, 0) is 24.8 Å². The molecule has 2 atom stereocenters. The maximum absolute atomic E-state index is 12.9. The molecule has 45 heavy (non-hydrogen) atoms. The van der Waals surface area contributed by atoms with Gasteiger partial charge in [0.25, 0.3) is 0 Å². The first-order valence-electron chi connectivity index (χ1n) is 18.3. The maximum atomic E-state index is 12.9. The van der Waals surface area contributed by atoms with Gasteiger partial charge in [0, 0.05) is 6.42 Å². The number of hydrogen-bond donors (Lipinski definition) is 2. The molecule has 1 aromatic carbocycles. The summed E-state index contributed by atoms with van der Waals surface area (Å²) in [6.07, 6.45) is 24.4. The molecule has 1 amide bonds. The molecule has 2 N–H and O–H groups in total. The van der Waals surface area contributed by atoms with Crippen LogP contribution < -0.4 is 5.32 Å². The van der Waals surface area contributed by atoms with Crippen molar-refractivity contribution in [2.45, 2.75) is 180 Å². The fourth-order valence-corrected chi connectivity index (χ4v) is 5.53. The molecule has 0 spiro atoms. The summed E-state index contributed by atoms with van der Waals surface area (Å²) < 4.78 is 11.1. The Labute approximate surface area is 274 Å². The Morgan fingerprint density at radius 2 is 1.18 bits per heavy atom. The van der Waals surface area contributed by atoms with E-state index < -0.39 is 30.6 Å². The molecule has 0 radical (unpaired) electrons. The molecule has 0 aliphatic heterocycles. The van der Waals surface area contributed by atoms with Crippen molar-refractivity contribution in [3.8, 4) is 0 Å². The first kappa shape index (κ1) is 40.6. The fraction of sp³-hybridized carbons (Fsp3) is 0.763. The molecule has 7 heteroatoms. The second kappa shape index (κ2) is 29.0. The van der Waals surface area contributed by atoms with Crippen molar-refractivity contribution in [3.05, 3.63) is 35.9 Å². The minimum atomic E-state index is -1.17. The standard InChI is InChI=1S/C38H65NO6/c1-3-5-7-9-11-13-14-16-18-20-25-29-37(42)45-34(28-24-19-17-15-12-10-8-6-4-2)30-36(41)39-35(31-40)38(43)44-32-33-26-22-21-23-27-33/h21-23,26-27,34-35,40H,3-20,24-25,28-32H2,1-2H3,(H,39,41)/t34-,35+/m1/s1. The number of hydrogen-bond acceptors (Lipinski definition) is 6. The van der Waals surface area contributed by atoms with Gasteiger partial charge in [-0.15, -0.1) is 0 Å². The van der Waals surface area contributed by atoms with E-state index in [1.54, 1.807) is 0 Å². The molecule has 258 valence electrons. The third-order valence-corrected chi connectivity index (χ3v) is 8.35. The highest BCUT2D eigenvalue weighted by molar-refractivity contribution is 5.85. The van der Waals surface area contributed by atoms with Crippen LogP contribution in [0.5, 0.6) is 0 Å². The lowest BCUT2D eigenvalue weighted by molar-refractivity contribution is -0.153. The Bertz CT molecular complexity index is 861. The van der Waals surface area contributed by atoms with E-state index in [1.807, 2.05) is 30.3 Å². The van der Waals surface area contributed by atoms with Crippen molar-refractivity contribution in [2.75, 3.05) is 6.61 Å². The average Bonchev–Trinajstić information content (AvgIpc) is 3.04. The van der Waals surface area contributed by atoms with Gasteiger partial charge in [0.15, 0.2) is 6.04 Å². The van der Waals surface area contributed by atoms with Crippen molar-refractivity contribution in [1.29, 1.82) is 0 Å². The van der Waals surface area contributed by atoms with E-state index in [9.17, 15) is 19.5 Å². The summed E-state index contributed by atoms with van der Waals surface area (Å²) in [6.45, 7) is 3.96. The van der Waals surface area contributed by atoms with Gasteiger partial charge in [0.2, 0.25) is 5.91 Å². The van der Waals surface area contributed by atoms with Crippen molar-refractivity contribution in [1.82, 2.24) is 5.32 Å². The second-order valence-electron chi connectivity index (χ2n) is 12.6. The number of aliphatic hydroxyl groups is 1. The molecule has 0 saturated heterocycles. The van der Waals surface area contributed by atoms with Crippen LogP contribution in [0.15, 0.2) is 30.3 Å². The molecular weight excluding hydrogens is 566 g/mol. The Hall–Kier alpha value is -2.41. The molecule has 0 aliphatic carbocycles. The van der Waals surface area contributed by atoms with Crippen LogP contribution in [0, 0.1) is 0 Å². The second-order valence-corrected chi connectivity index (χ2v) is 12.6. The van der Waals surface area contributed by atoms with E-state index in [4.69, 9.17) is 9.47 Å². The third-order valence-electron chi connectivity index (χ3n) is 8.35. The summed E-state index contributed by atoms with van der Waals surface area (Å²) in [4.78, 5) is 38.1. The molecule has 0 unspecified atom stereocenters. The quantitative estimate of drug-likeness (QED) is 0.0649. The lowest BCUT2D eigenvalue weighted by Gasteiger charge is -2.20. The topological polar surface area (TPSA) is 102 Å². The summed E-state index contributed by atoms with van der Waals surface area (Å²) in [5.74, 6) is -1.39. The van der Waals surface area contributed by atoms with Gasteiger partial charge in [-0.1, -0.05) is 160 Å². The molecule has 0 heterocycles. The molecular formula is C38H65NO6. The minimum Gasteiger partial charge on any atom is -0.462 e. The lowest BCUT2D eigenvalue weighted by atomic mass is 10.0. The van der Waals surface area contributed by atoms with Crippen molar-refractivity contribution < 1.29 is 29.0 Å². The summed E-state index contributed by atoms with van der Waals surface area (Å²) >= 11 is 0. The fourth-order valence-electron chi connectivity index (χ4n) is 5.53. The molecule has 1 rings (SSSR count). The molecule has 1 aromatic rings. The SMILES string of the molecule is CCCCCCCCCCCCCC(=O)O[C@H](CCCCCCCCCCC)CC(=O)N[C@@H](CO)C(=O)OCc1ccccc1. The van der Waals surface area contributed by atoms with Crippen LogP contribution in [0.25, 0.3) is 0 Å². The van der Waals surface area contributed by atoms with Crippen LogP contribution in [0.1, 0.15) is 167 Å². The smallest absolute Gasteiger partial charge is 0.331 e. The Morgan fingerprint density at radius 3 is 1.69 bits per heavy atom. The Morgan fingerprint density at radius 1 is 0.689 bits per heavy atom. The normalized spacial score (nSPS) is 12.4. The first-order valence-corrected chi connectivity index (χ1v) is 18.3. The number of esters is 2. The van der Waals surface area contributed by atoms with Crippen LogP contribution in [0.4, 0.5) is 0 Å². The van der Waals surface area contributed by atoms with Gasteiger partial charge in [-0.25, -0.2) is 4.79 Å². The summed E-state index contributed by atoms with van der Waals surface area (Å²) in [5, 5.41) is 12.3. The van der Waals surface area contributed by atoms with Gasteiger partial charge in [0.1, 0.15) is 12.7 Å². The molecule has 0 bridgehead atoms. The summed E-state index contributed by atoms with van der Waals surface area (Å²) in [5.41, 5.74) is 0.819. The highest BCUT2D eigenvalue weighted by Gasteiger charge is 2.25. The zero-order valence-electron chi connectivity index (χ0n) is 28.7. The van der Waals surface area contributed by atoms with E-state index in [2.05, 4.69) is 19.2 Å². The molecule has 0 aromatic heterocycles. The molecule has 0 fully saturated rings. The van der Waals surface area contributed by atoms with Gasteiger partial charge in [-0.3, -0.25) is 9.59 Å². The summed E-state index contributed by atoms with van der Waals surface area (Å²) in [6, 6.07) is 8.07. The molecule has 0 saturated carbocycles. The van der Waals surface area contributed by atoms with Crippen molar-refractivity contribution >= 4 is 17.8 Å². The average molecular weight is 632 g/mol. The number of amides is 1. The van der Waals surface area contributed by atoms with Crippen molar-refractivity contribution in [3.63, 3.8) is 0 Å². The van der Waals surface area contributed by atoms with Crippen molar-refractivity contribution in [2.24, 2.45) is 0 Å². The highest BCUT2D eigenvalue weighted by atomic mass is 16.5. The third kappa shape index (κ3) is 23.6. The predicted octanol–water partition coefficient (Wildman–Crippen LogP) is 9.13. The number of carbonyl (C=O) groups excluding carboxylic acids is 3. The maximum Gasteiger partial charge on any atom is 0.331 e. The monoisotopic (exact) mass is 631 g/mol. The number of unbranched alkanes of at least 4 members (excludes halogenated alkanes) is 18. The largest absolute Gasteiger partial charge is 0.462 e. The number of carbonyl (C=O) groups is 3. The zero-order chi connectivity index (χ0) is 32.8. The van der Waals surface area contributed by atoms with E-state index in [1.165, 1.54) is 89.9 Å². The van der Waals surface area contributed by atoms with E-state index in [0.717, 1.165) is 44.1 Å². The minimum absolute atomic E-state index is 0.0382. The lowest BCUT2D eigenvalue weighted by Crippen LogP contribution is -2.45. The predicted molar refractivity (Wildman–Crippen MR) is 183 cm³/mol. The highest BCUT2D eigenvalue weighted by Crippen LogP contribution is 2.17. The molecule has 0 aliphatic rings. The van der Waals surface area contributed by atoms with E-state index in [0.29, 0.717) is 12.8 Å². The van der Waals surface area contributed by atoms with Gasteiger partial charge < -0.3 is 19.9 Å². The van der Waals surface area contributed by atoms with Gasteiger partial charge in [0.05, 0.1) is 13.0 Å². The van der Waals surface area contributed by atoms with E-state index in [-0.39, 0.29) is 19.0 Å². The van der Waals surface area contributed by atoms with Crippen LogP contribution in [0.2, 0.25) is 0 Å². The number of ether oxygens (including phenoxy) is 2. The van der Waals surface area contributed by atoms with Crippen LogP contribution in [-0.2, 0) is 30.5 Å². The Kier molecular flexibility index (Phi) is 26.2. The van der Waals surface area contributed by atoms with Crippen LogP contribution in [0.3, 0.4) is 0 Å². The Balaban J connectivity index is 2.45. The number of nitrogens with one attached hydrogen (secondary N) is 1. The summed E-state index contributed by atoms with van der Waals surface area (Å²) in [7, 11) is 0. The number of aliphatic hydroxyl groups excluding tert-OH is 1. The number of rotatable bonds is 30. The van der Waals surface area contributed by atoms with Crippen LogP contribution in [-0.4, -0.2) is 41.7 Å². The van der Waals surface area contributed by atoms with Gasteiger partial charge in [-0.2, -0.15) is 0 Å².